The number of para-hydroxylation sites is 2. The van der Waals surface area contributed by atoms with Crippen molar-refractivity contribution in [3.05, 3.63) is 139 Å². The van der Waals surface area contributed by atoms with Crippen molar-refractivity contribution in [2.24, 2.45) is 0 Å². The third-order valence-electron chi connectivity index (χ3n) is 9.91. The highest BCUT2D eigenvalue weighted by molar-refractivity contribution is 6.30. The third kappa shape index (κ3) is 2.86. The lowest BCUT2D eigenvalue weighted by Crippen LogP contribution is -1.84. The lowest BCUT2D eigenvalue weighted by Gasteiger charge is -2.10. The van der Waals surface area contributed by atoms with Crippen molar-refractivity contribution in [2.75, 3.05) is 0 Å². The van der Waals surface area contributed by atoms with Crippen LogP contribution in [0.15, 0.2) is 127 Å². The van der Waals surface area contributed by atoms with Crippen LogP contribution in [0.3, 0.4) is 0 Å². The maximum atomic E-state index is 2.50. The van der Waals surface area contributed by atoms with Gasteiger partial charge in [-0.3, -0.25) is 0 Å². The Morgan fingerprint density at radius 2 is 1.09 bits per heavy atom. The SMILES string of the molecule is C/C=C\c1c(C)n2c3ccccc3c3c(-c4ccc5c6ccccc6n6c7ccc(-c8ccccc8)cc7c4c56)ccc1c32. The van der Waals surface area contributed by atoms with Gasteiger partial charge < -0.3 is 8.80 Å². The number of hydrogen-bond donors (Lipinski definition) is 0. The summed E-state index contributed by atoms with van der Waals surface area (Å²) in [7, 11) is 0. The molecule has 10 rings (SSSR count). The molecule has 0 fully saturated rings. The molecule has 4 aromatic heterocycles. The van der Waals surface area contributed by atoms with E-state index in [9.17, 15) is 0 Å². The van der Waals surface area contributed by atoms with Crippen molar-refractivity contribution in [1.82, 2.24) is 8.80 Å². The molecular weight excluding hydrogens is 532 g/mol. The molecule has 0 spiro atoms. The maximum absolute atomic E-state index is 2.50. The predicted molar refractivity (Wildman–Crippen MR) is 189 cm³/mol. The Bertz CT molecular complexity index is 2770. The zero-order chi connectivity index (χ0) is 29.1. The van der Waals surface area contributed by atoms with Crippen molar-refractivity contribution in [2.45, 2.75) is 13.8 Å². The summed E-state index contributed by atoms with van der Waals surface area (Å²) in [6.07, 6.45) is 4.42. The average Bonchev–Trinajstić information content (AvgIpc) is 3.79. The van der Waals surface area contributed by atoms with Crippen LogP contribution in [-0.4, -0.2) is 8.80 Å². The molecule has 0 radical (unpaired) electrons. The molecule has 4 heterocycles. The van der Waals surface area contributed by atoms with Crippen LogP contribution >= 0.6 is 0 Å². The van der Waals surface area contributed by atoms with Crippen molar-refractivity contribution < 1.29 is 0 Å². The number of nitrogens with zero attached hydrogens (tertiary/aromatic N) is 2. The van der Waals surface area contributed by atoms with Crippen LogP contribution < -0.4 is 0 Å². The molecule has 2 nitrogen and oxygen atoms in total. The van der Waals surface area contributed by atoms with E-state index >= 15 is 0 Å². The van der Waals surface area contributed by atoms with Gasteiger partial charge in [0.1, 0.15) is 0 Å². The number of fused-ring (bicyclic) bond motifs is 9. The van der Waals surface area contributed by atoms with Gasteiger partial charge in [0.05, 0.1) is 27.6 Å². The Balaban J connectivity index is 1.41. The zero-order valence-electron chi connectivity index (χ0n) is 24.6. The van der Waals surface area contributed by atoms with Gasteiger partial charge in [-0.1, -0.05) is 109 Å². The Morgan fingerprint density at radius 3 is 1.86 bits per heavy atom. The predicted octanol–water partition coefficient (Wildman–Crippen LogP) is 11.5. The minimum Gasteiger partial charge on any atom is -0.312 e. The van der Waals surface area contributed by atoms with Crippen LogP contribution in [0.25, 0.3) is 93.6 Å². The maximum Gasteiger partial charge on any atom is 0.0626 e. The number of benzene rings is 6. The summed E-state index contributed by atoms with van der Waals surface area (Å²) in [5, 5.41) is 9.20. The second kappa shape index (κ2) is 8.49. The second-order valence-electron chi connectivity index (χ2n) is 12.1. The van der Waals surface area contributed by atoms with Gasteiger partial charge in [0, 0.05) is 49.0 Å². The summed E-state index contributed by atoms with van der Waals surface area (Å²) in [6.45, 7) is 4.36. The van der Waals surface area contributed by atoms with Crippen molar-refractivity contribution in [1.29, 1.82) is 0 Å². The molecule has 0 N–H and O–H groups in total. The monoisotopic (exact) mass is 560 g/mol. The van der Waals surface area contributed by atoms with E-state index in [4.69, 9.17) is 0 Å². The van der Waals surface area contributed by atoms with E-state index in [0.717, 1.165) is 0 Å². The van der Waals surface area contributed by atoms with Gasteiger partial charge in [-0.05, 0) is 60.4 Å². The molecule has 0 saturated heterocycles. The molecule has 0 atom stereocenters. The molecule has 0 aliphatic carbocycles. The molecule has 0 unspecified atom stereocenters. The van der Waals surface area contributed by atoms with Gasteiger partial charge in [-0.15, -0.1) is 0 Å². The molecule has 2 heteroatoms. The summed E-state index contributed by atoms with van der Waals surface area (Å²) >= 11 is 0. The van der Waals surface area contributed by atoms with E-state index in [1.54, 1.807) is 0 Å². The number of rotatable bonds is 3. The van der Waals surface area contributed by atoms with Gasteiger partial charge in [0.15, 0.2) is 0 Å². The highest BCUT2D eigenvalue weighted by atomic mass is 14.9. The lowest BCUT2D eigenvalue weighted by molar-refractivity contribution is 1.18. The van der Waals surface area contributed by atoms with E-state index in [2.05, 4.69) is 156 Å². The van der Waals surface area contributed by atoms with Crippen LogP contribution in [-0.2, 0) is 0 Å². The third-order valence-corrected chi connectivity index (χ3v) is 9.91. The van der Waals surface area contributed by atoms with Gasteiger partial charge in [-0.25, -0.2) is 0 Å². The number of hydrogen-bond acceptors (Lipinski definition) is 0. The highest BCUT2D eigenvalue weighted by Gasteiger charge is 2.25. The fourth-order valence-corrected chi connectivity index (χ4v) is 8.13. The summed E-state index contributed by atoms with van der Waals surface area (Å²) in [6, 6.07) is 45.0. The Labute approximate surface area is 254 Å². The van der Waals surface area contributed by atoms with Crippen molar-refractivity contribution in [3.63, 3.8) is 0 Å². The van der Waals surface area contributed by atoms with Gasteiger partial charge in [0.2, 0.25) is 0 Å². The topological polar surface area (TPSA) is 8.82 Å². The molecule has 0 bridgehead atoms. The fraction of sp³-hybridized carbons (Fsp3) is 0.0476. The van der Waals surface area contributed by atoms with E-state index in [1.807, 2.05) is 0 Å². The van der Waals surface area contributed by atoms with Crippen LogP contribution in [0.5, 0.6) is 0 Å². The van der Waals surface area contributed by atoms with Gasteiger partial charge in [-0.2, -0.15) is 0 Å². The van der Waals surface area contributed by atoms with E-state index in [-0.39, 0.29) is 0 Å². The molecule has 44 heavy (non-hydrogen) atoms. The summed E-state index contributed by atoms with van der Waals surface area (Å²) in [5.74, 6) is 0. The molecular formula is C42H28N2. The van der Waals surface area contributed by atoms with Crippen molar-refractivity contribution >= 4 is 71.4 Å². The largest absolute Gasteiger partial charge is 0.312 e. The average molecular weight is 561 g/mol. The fourth-order valence-electron chi connectivity index (χ4n) is 8.13. The van der Waals surface area contributed by atoms with Gasteiger partial charge in [0.25, 0.3) is 0 Å². The minimum atomic E-state index is 1.24. The Hall–Kier alpha value is -5.60. The first-order valence-electron chi connectivity index (χ1n) is 15.4. The smallest absolute Gasteiger partial charge is 0.0626 e. The Kier molecular flexibility index (Phi) is 4.61. The van der Waals surface area contributed by atoms with Crippen LogP contribution in [0, 0.1) is 6.92 Å². The number of allylic oxidation sites excluding steroid dienone is 1. The normalized spacial score (nSPS) is 12.7. The molecule has 0 amide bonds. The number of aromatic nitrogens is 2. The lowest BCUT2D eigenvalue weighted by atomic mass is 9.92. The Morgan fingerprint density at radius 1 is 0.477 bits per heavy atom. The summed E-state index contributed by atoms with van der Waals surface area (Å²) in [4.78, 5) is 0. The molecule has 0 aliphatic rings. The van der Waals surface area contributed by atoms with E-state index in [0.29, 0.717) is 0 Å². The molecule has 10 aromatic rings. The summed E-state index contributed by atoms with van der Waals surface area (Å²) in [5.41, 5.74) is 14.1. The zero-order valence-corrected chi connectivity index (χ0v) is 24.6. The molecule has 0 aliphatic heterocycles. The van der Waals surface area contributed by atoms with Crippen LogP contribution in [0.2, 0.25) is 0 Å². The first-order valence-corrected chi connectivity index (χ1v) is 15.4. The first kappa shape index (κ1) is 23.9. The van der Waals surface area contributed by atoms with E-state index in [1.165, 1.54) is 98.8 Å². The molecule has 0 saturated carbocycles. The molecule has 206 valence electrons. The summed E-state index contributed by atoms with van der Waals surface area (Å²) < 4.78 is 4.98. The molecule has 6 aromatic carbocycles. The quantitative estimate of drug-likeness (QED) is 0.203. The highest BCUT2D eigenvalue weighted by Crippen LogP contribution is 2.48. The van der Waals surface area contributed by atoms with Crippen molar-refractivity contribution in [3.8, 4) is 22.3 Å². The second-order valence-corrected chi connectivity index (χ2v) is 12.1. The van der Waals surface area contributed by atoms with E-state index < -0.39 is 0 Å². The van der Waals surface area contributed by atoms with Crippen LogP contribution in [0.4, 0.5) is 0 Å². The van der Waals surface area contributed by atoms with Gasteiger partial charge >= 0.3 is 0 Å². The number of aryl methyl sites for hydroxylation is 1. The minimum absolute atomic E-state index is 1.24. The first-order chi connectivity index (χ1) is 21.7. The van der Waals surface area contributed by atoms with Crippen LogP contribution in [0.1, 0.15) is 18.2 Å². The standard InChI is InChI=1S/C42H28N2/c1-3-11-28-25(2)43-37-17-10-8-15-34(37)39-30(19-21-32(28)41(39)43)31-20-22-33-29-14-7-9-16-36(29)44-38-23-18-27(26-12-5-4-6-13-26)24-35(38)40(31)42(33)44/h3-24H,1-2H3/b11-3-.